The zero-order chi connectivity index (χ0) is 18.3. The molecular weight excluding hydrogens is 330 g/mol. The summed E-state index contributed by atoms with van der Waals surface area (Å²) >= 11 is 0. The van der Waals surface area contributed by atoms with Gasteiger partial charge in [-0.25, -0.2) is 0 Å². The van der Waals surface area contributed by atoms with Gasteiger partial charge in [-0.3, -0.25) is 19.3 Å². The van der Waals surface area contributed by atoms with E-state index in [1.165, 1.54) is 0 Å². The minimum absolute atomic E-state index is 0.130. The maximum absolute atomic E-state index is 12.6. The first-order chi connectivity index (χ1) is 12.4. The highest BCUT2D eigenvalue weighted by Crippen LogP contribution is 2.52. The quantitative estimate of drug-likeness (QED) is 0.905. The van der Waals surface area contributed by atoms with Gasteiger partial charge < -0.3 is 10.2 Å². The fourth-order valence-electron chi connectivity index (χ4n) is 3.44. The molecule has 1 N–H and O–H groups in total. The number of aromatic nitrogens is 3. The molecule has 2 aliphatic rings. The fourth-order valence-corrected chi connectivity index (χ4v) is 3.44. The Bertz CT molecular complexity index is 843. The molecule has 1 aliphatic heterocycles. The van der Waals surface area contributed by atoms with Gasteiger partial charge in [-0.15, -0.1) is 0 Å². The molecule has 0 aromatic carbocycles. The zero-order valence-corrected chi connectivity index (χ0v) is 15.1. The van der Waals surface area contributed by atoms with Gasteiger partial charge in [-0.05, 0) is 30.0 Å². The lowest BCUT2D eigenvalue weighted by molar-refractivity contribution is -0.134. The fraction of sp³-hybridized carbons (Fsp3) is 0.474. The zero-order valence-electron chi connectivity index (χ0n) is 15.1. The number of pyridine rings is 1. The second-order valence-corrected chi connectivity index (χ2v) is 7.75. The van der Waals surface area contributed by atoms with E-state index in [-0.39, 0.29) is 23.1 Å². The van der Waals surface area contributed by atoms with Crippen molar-refractivity contribution in [3.05, 3.63) is 47.5 Å². The molecule has 1 saturated carbocycles. The van der Waals surface area contributed by atoms with E-state index >= 15 is 0 Å². The molecule has 0 bridgehead atoms. The highest BCUT2D eigenvalue weighted by Gasteiger charge is 2.52. The lowest BCUT2D eigenvalue weighted by atomic mass is 10.1. The van der Waals surface area contributed by atoms with E-state index in [4.69, 9.17) is 0 Å². The maximum Gasteiger partial charge on any atom is 0.272 e. The summed E-state index contributed by atoms with van der Waals surface area (Å²) in [4.78, 5) is 31.0. The van der Waals surface area contributed by atoms with Gasteiger partial charge in [-0.2, -0.15) is 5.10 Å². The number of hydrogen-bond acceptors (Lipinski definition) is 4. The Morgan fingerprint density at radius 2 is 2.12 bits per heavy atom. The summed E-state index contributed by atoms with van der Waals surface area (Å²) in [5.74, 6) is 0.139. The van der Waals surface area contributed by atoms with Crippen molar-refractivity contribution in [3.8, 4) is 0 Å². The summed E-state index contributed by atoms with van der Waals surface area (Å²) in [6.07, 6.45) is 2.66. The lowest BCUT2D eigenvalue weighted by Gasteiger charge is -2.28. The number of amides is 2. The molecule has 0 saturated heterocycles. The molecule has 2 aromatic rings. The molecule has 2 amide bonds. The highest BCUT2D eigenvalue weighted by atomic mass is 16.2. The molecule has 0 radical (unpaired) electrons. The topological polar surface area (TPSA) is 80.1 Å². The first-order valence-corrected chi connectivity index (χ1v) is 8.98. The van der Waals surface area contributed by atoms with Crippen LogP contribution in [0.3, 0.4) is 0 Å². The molecule has 26 heavy (non-hydrogen) atoms. The summed E-state index contributed by atoms with van der Waals surface area (Å²) in [5, 5.41) is 7.23. The number of rotatable bonds is 4. The highest BCUT2D eigenvalue weighted by molar-refractivity contribution is 5.92. The Hall–Kier alpha value is -2.70. The number of nitrogens with zero attached hydrogens (tertiary/aromatic N) is 4. The Morgan fingerprint density at radius 3 is 2.81 bits per heavy atom. The Labute approximate surface area is 152 Å². The molecule has 4 rings (SSSR count). The van der Waals surface area contributed by atoms with Gasteiger partial charge in [0.1, 0.15) is 0 Å². The van der Waals surface area contributed by atoms with Crippen LogP contribution >= 0.6 is 0 Å². The molecule has 1 aliphatic carbocycles. The van der Waals surface area contributed by atoms with Crippen LogP contribution in [0.15, 0.2) is 30.5 Å². The largest absolute Gasteiger partial charge is 0.345 e. The second-order valence-electron chi connectivity index (χ2n) is 7.75. The molecule has 0 unspecified atom stereocenters. The molecular formula is C19H23N5O2. The molecule has 1 fully saturated rings. The Balaban J connectivity index is 1.39. The molecule has 7 heteroatoms. The number of nitrogens with one attached hydrogen (secondary N) is 1. The Kier molecular flexibility index (Phi) is 4.01. The van der Waals surface area contributed by atoms with Crippen LogP contribution in [0.25, 0.3) is 0 Å². The van der Waals surface area contributed by atoms with Crippen LogP contribution in [0, 0.1) is 11.3 Å². The number of fused-ring (bicyclic) bond motifs is 1. The average Bonchev–Trinajstić information content (AvgIpc) is 3.08. The van der Waals surface area contributed by atoms with E-state index in [2.05, 4.69) is 29.2 Å². The maximum atomic E-state index is 12.6. The second kappa shape index (κ2) is 6.23. The summed E-state index contributed by atoms with van der Waals surface area (Å²) < 4.78 is 1.83. The van der Waals surface area contributed by atoms with Crippen molar-refractivity contribution < 1.29 is 9.59 Å². The summed E-state index contributed by atoms with van der Waals surface area (Å²) in [7, 11) is 0. The smallest absolute Gasteiger partial charge is 0.272 e. The van der Waals surface area contributed by atoms with Crippen LogP contribution < -0.4 is 5.32 Å². The van der Waals surface area contributed by atoms with Crippen molar-refractivity contribution in [1.82, 2.24) is 25.0 Å². The number of carbonyl (C=O) groups excluding carboxylic acids is 2. The minimum Gasteiger partial charge on any atom is -0.345 e. The first-order valence-electron chi connectivity index (χ1n) is 8.98. The van der Waals surface area contributed by atoms with Crippen LogP contribution in [0.1, 0.15) is 42.1 Å². The van der Waals surface area contributed by atoms with Crippen molar-refractivity contribution in [2.75, 3.05) is 6.54 Å². The van der Waals surface area contributed by atoms with E-state index < -0.39 is 0 Å². The first kappa shape index (κ1) is 16.8. The SMILES string of the molecule is CC1(C)C[C@@H]1C(=O)N1CCn2nc(C(=O)NCc3ccccn3)cc2C1. The molecule has 136 valence electrons. The van der Waals surface area contributed by atoms with Gasteiger partial charge in [0.25, 0.3) is 5.91 Å². The molecule has 3 heterocycles. The van der Waals surface area contributed by atoms with Gasteiger partial charge in [0.05, 0.1) is 31.0 Å². The van der Waals surface area contributed by atoms with Crippen LogP contribution in [0.4, 0.5) is 0 Å². The van der Waals surface area contributed by atoms with Crippen LogP contribution in [-0.2, 0) is 24.4 Å². The van der Waals surface area contributed by atoms with E-state index in [1.54, 1.807) is 12.3 Å². The Morgan fingerprint density at radius 1 is 1.31 bits per heavy atom. The molecule has 2 aromatic heterocycles. The number of hydrogen-bond donors (Lipinski definition) is 1. The van der Waals surface area contributed by atoms with E-state index in [1.807, 2.05) is 27.8 Å². The van der Waals surface area contributed by atoms with Gasteiger partial charge in [0, 0.05) is 18.7 Å². The van der Waals surface area contributed by atoms with Gasteiger partial charge in [0.15, 0.2) is 5.69 Å². The van der Waals surface area contributed by atoms with E-state index in [9.17, 15) is 9.59 Å². The van der Waals surface area contributed by atoms with Crippen molar-refractivity contribution in [2.24, 2.45) is 11.3 Å². The van der Waals surface area contributed by atoms with E-state index in [0.29, 0.717) is 31.9 Å². The predicted octanol–water partition coefficient (Wildman–Crippen LogP) is 1.60. The van der Waals surface area contributed by atoms with Crippen molar-refractivity contribution >= 4 is 11.8 Å². The van der Waals surface area contributed by atoms with Crippen LogP contribution in [0.5, 0.6) is 0 Å². The van der Waals surface area contributed by atoms with Crippen LogP contribution in [0.2, 0.25) is 0 Å². The number of carbonyl (C=O) groups is 2. The third kappa shape index (κ3) is 3.21. The van der Waals surface area contributed by atoms with Crippen molar-refractivity contribution in [3.63, 3.8) is 0 Å². The van der Waals surface area contributed by atoms with Gasteiger partial charge in [-0.1, -0.05) is 19.9 Å². The normalized spacial score (nSPS) is 20.4. The lowest BCUT2D eigenvalue weighted by Crippen LogP contribution is -2.39. The standard InChI is InChI=1S/C19H23N5O2/c1-19(2)10-15(19)18(26)23-7-8-24-14(12-23)9-16(22-24)17(25)21-11-13-5-3-4-6-20-13/h3-6,9,15H,7-8,10-12H2,1-2H3,(H,21,25)/t15-/m1/s1. The van der Waals surface area contributed by atoms with Gasteiger partial charge in [0.2, 0.25) is 5.91 Å². The monoisotopic (exact) mass is 353 g/mol. The molecule has 1 atom stereocenters. The van der Waals surface area contributed by atoms with Crippen molar-refractivity contribution in [1.29, 1.82) is 0 Å². The third-order valence-electron chi connectivity index (χ3n) is 5.31. The van der Waals surface area contributed by atoms with Crippen molar-refractivity contribution in [2.45, 2.75) is 39.9 Å². The summed E-state index contributed by atoms with van der Waals surface area (Å²) in [6.45, 7) is 6.42. The van der Waals surface area contributed by atoms with E-state index in [0.717, 1.165) is 17.8 Å². The summed E-state index contributed by atoms with van der Waals surface area (Å²) in [6, 6.07) is 7.37. The predicted molar refractivity (Wildman–Crippen MR) is 94.9 cm³/mol. The summed E-state index contributed by atoms with van der Waals surface area (Å²) in [5.41, 5.74) is 2.22. The minimum atomic E-state index is -0.223. The average molecular weight is 353 g/mol. The molecule has 0 spiro atoms. The van der Waals surface area contributed by atoms with Crippen LogP contribution in [-0.4, -0.2) is 38.0 Å². The molecule has 7 nitrogen and oxygen atoms in total. The van der Waals surface area contributed by atoms with Gasteiger partial charge >= 0.3 is 0 Å². The third-order valence-corrected chi connectivity index (χ3v) is 5.31.